The SMILES string of the molecule is CCCCCCCC(N)Cc1ccc(OC)c(F)c1. The normalized spacial score (nSPS) is 12.4. The lowest BCUT2D eigenvalue weighted by Gasteiger charge is -2.12. The topological polar surface area (TPSA) is 35.2 Å². The third-order valence-corrected chi connectivity index (χ3v) is 3.39. The van der Waals surface area contributed by atoms with Crippen LogP contribution in [0.4, 0.5) is 4.39 Å². The number of halogens is 1. The average Bonchev–Trinajstić information content (AvgIpc) is 2.39. The van der Waals surface area contributed by atoms with Gasteiger partial charge in [-0.25, -0.2) is 4.39 Å². The molecule has 19 heavy (non-hydrogen) atoms. The van der Waals surface area contributed by atoms with Crippen LogP contribution < -0.4 is 10.5 Å². The Bertz CT molecular complexity index is 368. The summed E-state index contributed by atoms with van der Waals surface area (Å²) < 4.78 is 18.4. The highest BCUT2D eigenvalue weighted by molar-refractivity contribution is 5.29. The maximum Gasteiger partial charge on any atom is 0.165 e. The summed E-state index contributed by atoms with van der Waals surface area (Å²) in [6.45, 7) is 2.21. The van der Waals surface area contributed by atoms with Gasteiger partial charge in [0.05, 0.1) is 7.11 Å². The maximum atomic E-state index is 13.5. The van der Waals surface area contributed by atoms with Gasteiger partial charge in [-0.2, -0.15) is 0 Å². The van der Waals surface area contributed by atoms with Gasteiger partial charge in [0.1, 0.15) is 0 Å². The Morgan fingerprint density at radius 1 is 1.21 bits per heavy atom. The Kier molecular flexibility index (Phi) is 7.49. The summed E-state index contributed by atoms with van der Waals surface area (Å²) in [5.41, 5.74) is 7.03. The van der Waals surface area contributed by atoms with Crippen LogP contribution in [0.25, 0.3) is 0 Å². The number of unbranched alkanes of at least 4 members (excludes halogenated alkanes) is 4. The van der Waals surface area contributed by atoms with Crippen molar-refractivity contribution < 1.29 is 9.13 Å². The smallest absolute Gasteiger partial charge is 0.165 e. The molecule has 2 nitrogen and oxygen atoms in total. The quantitative estimate of drug-likeness (QED) is 0.685. The highest BCUT2D eigenvalue weighted by Gasteiger charge is 2.07. The molecule has 3 heteroatoms. The Hall–Kier alpha value is -1.09. The van der Waals surface area contributed by atoms with E-state index < -0.39 is 0 Å². The molecular weight excluding hydrogens is 241 g/mol. The molecule has 0 aliphatic heterocycles. The van der Waals surface area contributed by atoms with Gasteiger partial charge in [0.2, 0.25) is 0 Å². The number of nitrogens with two attached hydrogens (primary N) is 1. The second kappa shape index (κ2) is 8.92. The number of hydrogen-bond acceptors (Lipinski definition) is 2. The van der Waals surface area contributed by atoms with Crippen LogP contribution in [-0.2, 0) is 6.42 Å². The minimum Gasteiger partial charge on any atom is -0.494 e. The molecule has 0 spiro atoms. The fourth-order valence-electron chi connectivity index (χ4n) is 2.25. The molecule has 108 valence electrons. The molecule has 1 atom stereocenters. The molecule has 0 bridgehead atoms. The van der Waals surface area contributed by atoms with E-state index in [9.17, 15) is 4.39 Å². The van der Waals surface area contributed by atoms with Crippen molar-refractivity contribution in [3.05, 3.63) is 29.6 Å². The van der Waals surface area contributed by atoms with Crippen LogP contribution in [0, 0.1) is 5.82 Å². The number of benzene rings is 1. The van der Waals surface area contributed by atoms with Gasteiger partial charge in [-0.05, 0) is 30.5 Å². The molecular formula is C16H26FNO. The first-order chi connectivity index (χ1) is 9.17. The summed E-state index contributed by atoms with van der Waals surface area (Å²) in [6, 6.07) is 5.20. The molecule has 0 fully saturated rings. The Morgan fingerprint density at radius 2 is 1.95 bits per heavy atom. The van der Waals surface area contributed by atoms with Crippen LogP contribution in [0.1, 0.15) is 51.0 Å². The fraction of sp³-hybridized carbons (Fsp3) is 0.625. The minimum atomic E-state index is -0.310. The molecule has 0 heterocycles. The minimum absolute atomic E-state index is 0.120. The van der Waals surface area contributed by atoms with Gasteiger partial charge in [-0.3, -0.25) is 0 Å². The third kappa shape index (κ3) is 6.06. The molecule has 1 unspecified atom stereocenters. The van der Waals surface area contributed by atoms with E-state index >= 15 is 0 Å². The van der Waals surface area contributed by atoms with E-state index in [4.69, 9.17) is 10.5 Å². The summed E-state index contributed by atoms with van der Waals surface area (Å²) in [6.07, 6.45) is 8.01. The molecule has 1 rings (SSSR count). The zero-order chi connectivity index (χ0) is 14.1. The Labute approximate surface area is 116 Å². The van der Waals surface area contributed by atoms with Crippen LogP contribution in [0.15, 0.2) is 18.2 Å². The largest absolute Gasteiger partial charge is 0.494 e. The predicted molar refractivity (Wildman–Crippen MR) is 78.0 cm³/mol. The number of methoxy groups -OCH3 is 1. The van der Waals surface area contributed by atoms with Crippen molar-refractivity contribution >= 4 is 0 Å². The van der Waals surface area contributed by atoms with E-state index in [-0.39, 0.29) is 17.6 Å². The van der Waals surface area contributed by atoms with E-state index in [0.717, 1.165) is 18.4 Å². The molecule has 0 saturated heterocycles. The molecule has 0 saturated carbocycles. The van der Waals surface area contributed by atoms with Crippen molar-refractivity contribution in [1.82, 2.24) is 0 Å². The summed E-state index contributed by atoms with van der Waals surface area (Å²) >= 11 is 0. The van der Waals surface area contributed by atoms with Crippen molar-refractivity contribution in [3.63, 3.8) is 0 Å². The Morgan fingerprint density at radius 3 is 2.58 bits per heavy atom. The number of rotatable bonds is 9. The van der Waals surface area contributed by atoms with Gasteiger partial charge in [0.15, 0.2) is 11.6 Å². The van der Waals surface area contributed by atoms with Gasteiger partial charge in [-0.1, -0.05) is 45.1 Å². The second-order valence-electron chi connectivity index (χ2n) is 5.14. The third-order valence-electron chi connectivity index (χ3n) is 3.39. The zero-order valence-electron chi connectivity index (χ0n) is 12.1. The van der Waals surface area contributed by atoms with Crippen LogP contribution in [0.5, 0.6) is 5.75 Å². The van der Waals surface area contributed by atoms with E-state index in [0.29, 0.717) is 0 Å². The molecule has 1 aromatic rings. The van der Waals surface area contributed by atoms with E-state index in [1.54, 1.807) is 6.07 Å². The fourth-order valence-corrected chi connectivity index (χ4v) is 2.25. The standard InChI is InChI=1S/C16H26FNO/c1-3-4-5-6-7-8-14(18)11-13-9-10-16(19-2)15(17)12-13/h9-10,12,14H,3-8,11,18H2,1-2H3. The summed E-state index contributed by atoms with van der Waals surface area (Å²) in [5, 5.41) is 0. The molecule has 0 amide bonds. The zero-order valence-corrected chi connectivity index (χ0v) is 12.1. The highest BCUT2D eigenvalue weighted by atomic mass is 19.1. The number of ether oxygens (including phenoxy) is 1. The molecule has 0 radical (unpaired) electrons. The molecule has 0 aromatic heterocycles. The van der Waals surface area contributed by atoms with Crippen LogP contribution >= 0.6 is 0 Å². The number of hydrogen-bond donors (Lipinski definition) is 1. The van der Waals surface area contributed by atoms with Crippen molar-refractivity contribution in [2.45, 2.75) is 57.9 Å². The van der Waals surface area contributed by atoms with Crippen LogP contribution in [0.3, 0.4) is 0 Å². The van der Waals surface area contributed by atoms with E-state index in [1.807, 2.05) is 6.07 Å². The molecule has 1 aromatic carbocycles. The molecule has 0 aliphatic rings. The van der Waals surface area contributed by atoms with Crippen molar-refractivity contribution in [3.8, 4) is 5.75 Å². The van der Waals surface area contributed by atoms with Gasteiger partial charge >= 0.3 is 0 Å². The summed E-state index contributed by atoms with van der Waals surface area (Å²) in [5.74, 6) is -0.0213. The van der Waals surface area contributed by atoms with Gasteiger partial charge < -0.3 is 10.5 Å². The first-order valence-electron chi connectivity index (χ1n) is 7.25. The van der Waals surface area contributed by atoms with Crippen LogP contribution in [0.2, 0.25) is 0 Å². The second-order valence-corrected chi connectivity index (χ2v) is 5.14. The molecule has 0 aliphatic carbocycles. The van der Waals surface area contributed by atoms with Gasteiger partial charge in [-0.15, -0.1) is 0 Å². The Balaban J connectivity index is 2.31. The lowest BCUT2D eigenvalue weighted by atomic mass is 10.0. The van der Waals surface area contributed by atoms with Crippen molar-refractivity contribution in [2.75, 3.05) is 7.11 Å². The lowest BCUT2D eigenvalue weighted by molar-refractivity contribution is 0.386. The van der Waals surface area contributed by atoms with Crippen molar-refractivity contribution in [2.24, 2.45) is 5.73 Å². The van der Waals surface area contributed by atoms with E-state index in [1.165, 1.54) is 45.3 Å². The summed E-state index contributed by atoms with van der Waals surface area (Å²) in [7, 11) is 1.47. The highest BCUT2D eigenvalue weighted by Crippen LogP contribution is 2.19. The van der Waals surface area contributed by atoms with E-state index in [2.05, 4.69) is 6.92 Å². The van der Waals surface area contributed by atoms with Crippen molar-refractivity contribution in [1.29, 1.82) is 0 Å². The predicted octanol–water partition coefficient (Wildman–Crippen LogP) is 4.06. The lowest BCUT2D eigenvalue weighted by Crippen LogP contribution is -2.22. The first-order valence-corrected chi connectivity index (χ1v) is 7.25. The van der Waals surface area contributed by atoms with Gasteiger partial charge in [0, 0.05) is 6.04 Å². The monoisotopic (exact) mass is 267 g/mol. The van der Waals surface area contributed by atoms with Crippen LogP contribution in [-0.4, -0.2) is 13.2 Å². The first kappa shape index (κ1) is 16.0. The average molecular weight is 267 g/mol. The molecule has 2 N–H and O–H groups in total. The summed E-state index contributed by atoms with van der Waals surface area (Å²) in [4.78, 5) is 0. The maximum absolute atomic E-state index is 13.5. The van der Waals surface area contributed by atoms with Gasteiger partial charge in [0.25, 0.3) is 0 Å².